The van der Waals surface area contributed by atoms with Crippen LogP contribution >= 0.6 is 0 Å². The van der Waals surface area contributed by atoms with Crippen molar-refractivity contribution in [3.05, 3.63) is 36.2 Å². The Bertz CT molecular complexity index is 789. The Labute approximate surface area is 128 Å². The summed E-state index contributed by atoms with van der Waals surface area (Å²) in [6.45, 7) is 6.16. The molecule has 1 aromatic carbocycles. The monoisotopic (exact) mass is 298 g/mol. The zero-order chi connectivity index (χ0) is 15.7. The molecule has 0 bridgehead atoms. The summed E-state index contributed by atoms with van der Waals surface area (Å²) in [5.41, 5.74) is 2.72. The minimum atomic E-state index is 0.287. The Morgan fingerprint density at radius 2 is 2.09 bits per heavy atom. The topological polar surface area (TPSA) is 66.0 Å². The van der Waals surface area contributed by atoms with Gasteiger partial charge in [-0.05, 0) is 32.9 Å². The SMILES string of the molecule is COc1cccc(-c2noc(-c3cnn(C(C)C)c3C)n2)c1. The molecule has 0 fully saturated rings. The van der Waals surface area contributed by atoms with Crippen LogP contribution < -0.4 is 4.74 Å². The van der Waals surface area contributed by atoms with Gasteiger partial charge in [-0.15, -0.1) is 0 Å². The summed E-state index contributed by atoms with van der Waals surface area (Å²) in [5, 5.41) is 8.42. The van der Waals surface area contributed by atoms with Gasteiger partial charge in [-0.3, -0.25) is 4.68 Å². The fourth-order valence-electron chi connectivity index (χ4n) is 2.37. The van der Waals surface area contributed by atoms with Crippen molar-refractivity contribution >= 4 is 0 Å². The van der Waals surface area contributed by atoms with Crippen molar-refractivity contribution in [2.24, 2.45) is 0 Å². The third kappa shape index (κ3) is 2.47. The van der Waals surface area contributed by atoms with Crippen LogP contribution in [0.25, 0.3) is 22.8 Å². The van der Waals surface area contributed by atoms with E-state index in [2.05, 4.69) is 29.1 Å². The van der Waals surface area contributed by atoms with Gasteiger partial charge in [-0.1, -0.05) is 17.3 Å². The highest BCUT2D eigenvalue weighted by Crippen LogP contribution is 2.27. The summed E-state index contributed by atoms with van der Waals surface area (Å²) in [6, 6.07) is 7.85. The molecule has 0 unspecified atom stereocenters. The number of methoxy groups -OCH3 is 1. The van der Waals surface area contributed by atoms with Crippen LogP contribution in [0.15, 0.2) is 35.0 Å². The summed E-state index contributed by atoms with van der Waals surface area (Å²) in [4.78, 5) is 4.47. The summed E-state index contributed by atoms with van der Waals surface area (Å²) in [5.74, 6) is 1.76. The van der Waals surface area contributed by atoms with Crippen molar-refractivity contribution in [3.8, 4) is 28.6 Å². The van der Waals surface area contributed by atoms with Crippen LogP contribution in [-0.2, 0) is 0 Å². The van der Waals surface area contributed by atoms with Crippen molar-refractivity contribution in [3.63, 3.8) is 0 Å². The molecule has 0 spiro atoms. The first-order chi connectivity index (χ1) is 10.6. The van der Waals surface area contributed by atoms with Gasteiger partial charge in [0, 0.05) is 17.3 Å². The first kappa shape index (κ1) is 14.3. The minimum absolute atomic E-state index is 0.287. The van der Waals surface area contributed by atoms with Crippen LogP contribution in [0.3, 0.4) is 0 Å². The van der Waals surface area contributed by atoms with Gasteiger partial charge in [0.2, 0.25) is 5.82 Å². The molecular formula is C16H18N4O2. The fraction of sp³-hybridized carbons (Fsp3) is 0.312. The Hall–Kier alpha value is -2.63. The van der Waals surface area contributed by atoms with E-state index in [0.29, 0.717) is 11.7 Å². The molecular weight excluding hydrogens is 280 g/mol. The molecule has 0 saturated heterocycles. The molecule has 0 atom stereocenters. The van der Waals surface area contributed by atoms with Crippen LogP contribution in [0.4, 0.5) is 0 Å². The molecule has 0 aliphatic rings. The minimum Gasteiger partial charge on any atom is -0.497 e. The summed E-state index contributed by atoms with van der Waals surface area (Å²) < 4.78 is 12.5. The van der Waals surface area contributed by atoms with Crippen LogP contribution in [0.1, 0.15) is 25.6 Å². The third-order valence-corrected chi connectivity index (χ3v) is 3.52. The third-order valence-electron chi connectivity index (χ3n) is 3.52. The number of ether oxygens (including phenoxy) is 1. The molecule has 0 radical (unpaired) electrons. The first-order valence-corrected chi connectivity index (χ1v) is 7.12. The zero-order valence-electron chi connectivity index (χ0n) is 13.1. The number of benzene rings is 1. The standard InChI is InChI=1S/C16H18N4O2/c1-10(2)20-11(3)14(9-17-20)16-18-15(19-22-16)12-6-5-7-13(8-12)21-4/h5-10H,1-4H3. The number of nitrogens with zero attached hydrogens (tertiary/aromatic N) is 4. The molecule has 2 heterocycles. The number of rotatable bonds is 4. The average molecular weight is 298 g/mol. The van der Waals surface area contributed by atoms with E-state index >= 15 is 0 Å². The van der Waals surface area contributed by atoms with Gasteiger partial charge in [0.1, 0.15) is 5.75 Å². The largest absolute Gasteiger partial charge is 0.497 e. The molecule has 0 aliphatic heterocycles. The zero-order valence-corrected chi connectivity index (χ0v) is 13.1. The van der Waals surface area contributed by atoms with Crippen LogP contribution in [0.5, 0.6) is 5.75 Å². The highest BCUT2D eigenvalue weighted by molar-refractivity contribution is 5.61. The highest BCUT2D eigenvalue weighted by atomic mass is 16.5. The van der Waals surface area contributed by atoms with Gasteiger partial charge in [0.25, 0.3) is 5.89 Å². The van der Waals surface area contributed by atoms with Crippen molar-refractivity contribution in [2.75, 3.05) is 7.11 Å². The highest BCUT2D eigenvalue weighted by Gasteiger charge is 2.17. The lowest BCUT2D eigenvalue weighted by Gasteiger charge is -2.07. The van der Waals surface area contributed by atoms with Crippen LogP contribution in [0, 0.1) is 6.92 Å². The molecule has 6 heteroatoms. The fourth-order valence-corrected chi connectivity index (χ4v) is 2.37. The molecule has 0 saturated carbocycles. The van der Waals surface area contributed by atoms with Crippen molar-refractivity contribution in [2.45, 2.75) is 26.8 Å². The Morgan fingerprint density at radius 1 is 1.27 bits per heavy atom. The quantitative estimate of drug-likeness (QED) is 0.737. The van der Waals surface area contributed by atoms with E-state index in [0.717, 1.165) is 22.6 Å². The van der Waals surface area contributed by atoms with E-state index in [1.807, 2.05) is 35.9 Å². The van der Waals surface area contributed by atoms with Gasteiger partial charge in [0.15, 0.2) is 0 Å². The van der Waals surface area contributed by atoms with Crippen molar-refractivity contribution in [1.29, 1.82) is 0 Å². The summed E-state index contributed by atoms with van der Waals surface area (Å²) in [7, 11) is 1.63. The van der Waals surface area contributed by atoms with Gasteiger partial charge in [-0.25, -0.2) is 0 Å². The molecule has 6 nitrogen and oxygen atoms in total. The second kappa shape index (κ2) is 5.63. The molecule has 2 aromatic heterocycles. The van der Waals surface area contributed by atoms with Gasteiger partial charge in [-0.2, -0.15) is 10.1 Å². The van der Waals surface area contributed by atoms with Crippen molar-refractivity contribution in [1.82, 2.24) is 19.9 Å². The second-order valence-corrected chi connectivity index (χ2v) is 5.34. The summed E-state index contributed by atoms with van der Waals surface area (Å²) >= 11 is 0. The van der Waals surface area contributed by atoms with Gasteiger partial charge < -0.3 is 9.26 Å². The molecule has 114 valence electrons. The smallest absolute Gasteiger partial charge is 0.261 e. The molecule has 0 amide bonds. The van der Waals surface area contributed by atoms with Gasteiger partial charge >= 0.3 is 0 Å². The Kier molecular flexibility index (Phi) is 3.66. The number of aromatic nitrogens is 4. The van der Waals surface area contributed by atoms with E-state index in [9.17, 15) is 0 Å². The van der Waals surface area contributed by atoms with E-state index in [-0.39, 0.29) is 6.04 Å². The maximum Gasteiger partial charge on any atom is 0.261 e. The van der Waals surface area contributed by atoms with Gasteiger partial charge in [0.05, 0.1) is 18.9 Å². The molecule has 3 rings (SSSR count). The maximum absolute atomic E-state index is 5.40. The van der Waals surface area contributed by atoms with Crippen molar-refractivity contribution < 1.29 is 9.26 Å². The Balaban J connectivity index is 1.97. The lowest BCUT2D eigenvalue weighted by Crippen LogP contribution is -2.04. The molecule has 0 N–H and O–H groups in total. The van der Waals surface area contributed by atoms with E-state index in [1.165, 1.54) is 0 Å². The molecule has 3 aromatic rings. The van der Waals surface area contributed by atoms with E-state index in [4.69, 9.17) is 9.26 Å². The second-order valence-electron chi connectivity index (χ2n) is 5.34. The predicted octanol–water partition coefficient (Wildman–Crippen LogP) is 3.50. The lowest BCUT2D eigenvalue weighted by molar-refractivity contribution is 0.414. The van der Waals surface area contributed by atoms with E-state index < -0.39 is 0 Å². The van der Waals surface area contributed by atoms with Crippen LogP contribution in [-0.4, -0.2) is 27.0 Å². The number of hydrogen-bond donors (Lipinski definition) is 0. The molecule has 0 aliphatic carbocycles. The average Bonchev–Trinajstić information content (AvgIpc) is 3.13. The molecule has 22 heavy (non-hydrogen) atoms. The predicted molar refractivity (Wildman–Crippen MR) is 82.6 cm³/mol. The van der Waals surface area contributed by atoms with E-state index in [1.54, 1.807) is 13.3 Å². The Morgan fingerprint density at radius 3 is 2.77 bits per heavy atom. The summed E-state index contributed by atoms with van der Waals surface area (Å²) in [6.07, 6.45) is 1.76. The normalized spacial score (nSPS) is 11.1. The lowest BCUT2D eigenvalue weighted by atomic mass is 10.2. The first-order valence-electron chi connectivity index (χ1n) is 7.12. The maximum atomic E-state index is 5.40. The number of hydrogen-bond acceptors (Lipinski definition) is 5. The van der Waals surface area contributed by atoms with Crippen LogP contribution in [0.2, 0.25) is 0 Å².